The van der Waals surface area contributed by atoms with E-state index in [4.69, 9.17) is 9.47 Å². The molecule has 0 radical (unpaired) electrons. The van der Waals surface area contributed by atoms with E-state index in [-0.39, 0.29) is 30.3 Å². The van der Waals surface area contributed by atoms with Crippen LogP contribution in [0.4, 0.5) is 4.79 Å². The van der Waals surface area contributed by atoms with Crippen LogP contribution in [-0.4, -0.2) is 90.1 Å². The van der Waals surface area contributed by atoms with Crippen molar-refractivity contribution in [1.82, 2.24) is 14.7 Å². The summed E-state index contributed by atoms with van der Waals surface area (Å²) < 4.78 is 10.4. The summed E-state index contributed by atoms with van der Waals surface area (Å²) in [5.41, 5.74) is 1.93. The number of esters is 1. The average molecular weight is 550 g/mol. The fraction of sp³-hybridized carbons (Fsp3) is 0.484. The predicted molar refractivity (Wildman–Crippen MR) is 150 cm³/mol. The van der Waals surface area contributed by atoms with E-state index in [9.17, 15) is 19.2 Å². The maximum atomic E-state index is 13.3. The molecule has 1 saturated heterocycles. The molecule has 0 N–H and O–H groups in total. The van der Waals surface area contributed by atoms with Gasteiger partial charge < -0.3 is 19.3 Å². The van der Waals surface area contributed by atoms with Crippen molar-refractivity contribution in [3.63, 3.8) is 0 Å². The number of hydrogen-bond acceptors (Lipinski definition) is 6. The SMILES string of the molecule is COC(=O)c1ccc(CCC(=O)N2CCN(C(=O)CN(C(=O)OC(C)(C)C)C3CC3c3ccccc3)CC2)cc1. The zero-order valence-electron chi connectivity index (χ0n) is 23.8. The van der Waals surface area contributed by atoms with Crippen molar-refractivity contribution >= 4 is 23.9 Å². The Morgan fingerprint density at radius 1 is 0.875 bits per heavy atom. The Balaban J connectivity index is 1.28. The summed E-state index contributed by atoms with van der Waals surface area (Å²) in [6.45, 7) is 7.17. The molecule has 214 valence electrons. The van der Waals surface area contributed by atoms with E-state index in [1.54, 1.807) is 26.8 Å². The summed E-state index contributed by atoms with van der Waals surface area (Å²) in [5, 5.41) is 0. The van der Waals surface area contributed by atoms with Crippen LogP contribution in [0, 0.1) is 0 Å². The molecule has 1 aliphatic carbocycles. The summed E-state index contributed by atoms with van der Waals surface area (Å²) in [6.07, 6.45) is 1.23. The van der Waals surface area contributed by atoms with E-state index in [1.165, 1.54) is 7.11 Å². The molecular formula is C31H39N3O6. The average Bonchev–Trinajstić information content (AvgIpc) is 3.74. The molecule has 2 aromatic carbocycles. The Morgan fingerprint density at radius 3 is 2.05 bits per heavy atom. The molecular weight excluding hydrogens is 510 g/mol. The minimum absolute atomic E-state index is 0.0307. The molecule has 1 heterocycles. The maximum absolute atomic E-state index is 13.3. The summed E-state index contributed by atoms with van der Waals surface area (Å²) in [5.74, 6) is -0.310. The molecule has 9 nitrogen and oxygen atoms in total. The van der Waals surface area contributed by atoms with Gasteiger partial charge in [-0.2, -0.15) is 0 Å². The quantitative estimate of drug-likeness (QED) is 0.464. The summed E-state index contributed by atoms with van der Waals surface area (Å²) in [7, 11) is 1.34. The Labute approximate surface area is 236 Å². The lowest BCUT2D eigenvalue weighted by Crippen LogP contribution is -2.53. The van der Waals surface area contributed by atoms with Gasteiger partial charge in [-0.3, -0.25) is 14.5 Å². The number of amides is 3. The highest BCUT2D eigenvalue weighted by Crippen LogP contribution is 2.45. The standard InChI is InChI=1S/C31H39N3O6/c1-31(2,3)40-30(38)34(26-20-25(26)23-8-6-5-7-9-23)21-28(36)33-18-16-32(17-19-33)27(35)15-12-22-10-13-24(14-11-22)29(37)39-4/h5-11,13-14,25-26H,12,15-21H2,1-4H3. The predicted octanol–water partition coefficient (Wildman–Crippen LogP) is 3.87. The molecule has 3 amide bonds. The number of ether oxygens (including phenoxy) is 2. The molecule has 40 heavy (non-hydrogen) atoms. The number of nitrogens with zero attached hydrogens (tertiary/aromatic N) is 3. The summed E-state index contributed by atoms with van der Waals surface area (Å²) in [4.78, 5) is 55.9. The van der Waals surface area contributed by atoms with Crippen LogP contribution in [-0.2, 0) is 25.5 Å². The lowest BCUT2D eigenvalue weighted by molar-refractivity contribution is -0.140. The van der Waals surface area contributed by atoms with Crippen molar-refractivity contribution in [3.8, 4) is 0 Å². The topological polar surface area (TPSA) is 96.5 Å². The van der Waals surface area contributed by atoms with E-state index in [0.717, 1.165) is 17.5 Å². The number of rotatable bonds is 8. The monoisotopic (exact) mass is 549 g/mol. The number of hydrogen-bond donors (Lipinski definition) is 0. The third kappa shape index (κ3) is 7.61. The maximum Gasteiger partial charge on any atom is 0.411 e. The number of carbonyl (C=O) groups is 4. The van der Waals surface area contributed by atoms with Crippen molar-refractivity contribution < 1.29 is 28.7 Å². The normalized spacial score (nSPS) is 18.6. The van der Waals surface area contributed by atoms with E-state index in [0.29, 0.717) is 44.6 Å². The third-order valence-electron chi connectivity index (χ3n) is 7.31. The molecule has 9 heteroatoms. The van der Waals surface area contributed by atoms with Gasteiger partial charge in [-0.25, -0.2) is 9.59 Å². The van der Waals surface area contributed by atoms with E-state index in [2.05, 4.69) is 0 Å². The Morgan fingerprint density at radius 2 is 1.48 bits per heavy atom. The van der Waals surface area contributed by atoms with Gasteiger partial charge >= 0.3 is 12.1 Å². The lowest BCUT2D eigenvalue weighted by atomic mass is 10.1. The van der Waals surface area contributed by atoms with Crippen molar-refractivity contribution in [2.45, 2.75) is 57.6 Å². The molecule has 2 aliphatic rings. The van der Waals surface area contributed by atoms with Crippen molar-refractivity contribution in [2.75, 3.05) is 39.8 Å². The molecule has 2 atom stereocenters. The van der Waals surface area contributed by atoms with Crippen LogP contribution in [0.2, 0.25) is 0 Å². The second-order valence-electron chi connectivity index (χ2n) is 11.4. The van der Waals surface area contributed by atoms with Crippen LogP contribution >= 0.6 is 0 Å². The highest BCUT2D eigenvalue weighted by Gasteiger charge is 2.47. The van der Waals surface area contributed by atoms with Gasteiger partial charge in [-0.15, -0.1) is 0 Å². The first-order chi connectivity index (χ1) is 19.1. The van der Waals surface area contributed by atoms with Gasteiger partial charge in [0.25, 0.3) is 0 Å². The highest BCUT2D eigenvalue weighted by molar-refractivity contribution is 5.89. The molecule has 4 rings (SSSR count). The molecule has 1 saturated carbocycles. The van der Waals surface area contributed by atoms with E-state index < -0.39 is 17.7 Å². The van der Waals surface area contributed by atoms with Crippen LogP contribution in [0.1, 0.15) is 61.0 Å². The molecule has 0 bridgehead atoms. The van der Waals surface area contributed by atoms with Gasteiger partial charge in [0, 0.05) is 44.6 Å². The second-order valence-corrected chi connectivity index (χ2v) is 11.4. The van der Waals surface area contributed by atoms with Gasteiger partial charge in [0.2, 0.25) is 11.8 Å². The van der Waals surface area contributed by atoms with E-state index in [1.807, 2.05) is 63.2 Å². The molecule has 0 aromatic heterocycles. The van der Waals surface area contributed by atoms with Crippen LogP contribution in [0.15, 0.2) is 54.6 Å². The van der Waals surface area contributed by atoms with Gasteiger partial charge in [0.05, 0.1) is 12.7 Å². The molecule has 2 unspecified atom stereocenters. The molecule has 0 spiro atoms. The number of benzene rings is 2. The van der Waals surface area contributed by atoms with Gasteiger partial charge in [0.1, 0.15) is 12.1 Å². The number of aryl methyl sites for hydroxylation is 1. The Bertz CT molecular complexity index is 1200. The molecule has 2 aromatic rings. The van der Waals surface area contributed by atoms with Crippen LogP contribution in [0.3, 0.4) is 0 Å². The molecule has 2 fully saturated rings. The zero-order valence-corrected chi connectivity index (χ0v) is 23.8. The zero-order chi connectivity index (χ0) is 28.9. The first-order valence-electron chi connectivity index (χ1n) is 13.8. The van der Waals surface area contributed by atoms with E-state index >= 15 is 0 Å². The first kappa shape index (κ1) is 29.1. The van der Waals surface area contributed by atoms with Crippen LogP contribution in [0.25, 0.3) is 0 Å². The third-order valence-corrected chi connectivity index (χ3v) is 7.31. The smallest absolute Gasteiger partial charge is 0.411 e. The van der Waals surface area contributed by atoms with Crippen LogP contribution < -0.4 is 0 Å². The van der Waals surface area contributed by atoms with Gasteiger partial charge in [-0.1, -0.05) is 42.5 Å². The van der Waals surface area contributed by atoms with Crippen molar-refractivity contribution in [2.24, 2.45) is 0 Å². The number of carbonyl (C=O) groups excluding carboxylic acids is 4. The lowest BCUT2D eigenvalue weighted by Gasteiger charge is -2.36. The number of methoxy groups -OCH3 is 1. The van der Waals surface area contributed by atoms with Gasteiger partial charge in [-0.05, 0) is 56.9 Å². The number of piperazine rings is 1. The van der Waals surface area contributed by atoms with Gasteiger partial charge in [0.15, 0.2) is 0 Å². The minimum atomic E-state index is -0.662. The van der Waals surface area contributed by atoms with Crippen molar-refractivity contribution in [1.29, 1.82) is 0 Å². The Kier molecular flexibility index (Phi) is 9.12. The summed E-state index contributed by atoms with van der Waals surface area (Å²) >= 11 is 0. The minimum Gasteiger partial charge on any atom is -0.465 e. The fourth-order valence-corrected chi connectivity index (χ4v) is 5.01. The fourth-order valence-electron chi connectivity index (χ4n) is 5.01. The molecule has 1 aliphatic heterocycles. The Hall–Kier alpha value is -3.88. The van der Waals surface area contributed by atoms with Crippen molar-refractivity contribution in [3.05, 3.63) is 71.3 Å². The van der Waals surface area contributed by atoms with Crippen LogP contribution in [0.5, 0.6) is 0 Å². The highest BCUT2D eigenvalue weighted by atomic mass is 16.6. The second kappa shape index (κ2) is 12.5. The summed E-state index contributed by atoms with van der Waals surface area (Å²) in [6, 6.07) is 17.0. The largest absolute Gasteiger partial charge is 0.465 e. The first-order valence-corrected chi connectivity index (χ1v) is 13.8.